The van der Waals surface area contributed by atoms with Crippen molar-refractivity contribution in [2.75, 3.05) is 22.3 Å². The SMILES string of the molecule is CSC12CCCCC1(C)N(c1ccccc1)c1ccc(-c3ccc4c(c3)-c3cc(-c5ccc6c(c5)C5(SC)CCCCC5(C)N6c5ccccc5)ccc3C4)cc12. The lowest BCUT2D eigenvalue weighted by Crippen LogP contribution is -2.54. The van der Waals surface area contributed by atoms with Gasteiger partial charge in [0.2, 0.25) is 0 Å². The quantitative estimate of drug-likeness (QED) is 0.166. The molecule has 5 aliphatic rings. The normalized spacial score (nSPS) is 26.7. The van der Waals surface area contributed by atoms with Gasteiger partial charge in [-0.15, -0.1) is 0 Å². The molecule has 2 nitrogen and oxygen atoms in total. The van der Waals surface area contributed by atoms with Gasteiger partial charge in [-0.2, -0.15) is 23.5 Å². The number of rotatable bonds is 6. The summed E-state index contributed by atoms with van der Waals surface area (Å²) in [6.07, 6.45) is 15.7. The van der Waals surface area contributed by atoms with Gasteiger partial charge >= 0.3 is 0 Å². The van der Waals surface area contributed by atoms with Crippen LogP contribution in [0.1, 0.15) is 87.5 Å². The van der Waals surface area contributed by atoms with Gasteiger partial charge in [-0.25, -0.2) is 0 Å². The molecule has 0 radical (unpaired) electrons. The van der Waals surface area contributed by atoms with Gasteiger partial charge in [0.25, 0.3) is 0 Å². The van der Waals surface area contributed by atoms with Crippen molar-refractivity contribution >= 4 is 46.3 Å². The number of hydrogen-bond acceptors (Lipinski definition) is 4. The Balaban J connectivity index is 0.986. The first-order valence-corrected chi connectivity index (χ1v) is 23.7. The second kappa shape index (κ2) is 13.1. The third-order valence-electron chi connectivity index (χ3n) is 15.2. The molecule has 4 heteroatoms. The summed E-state index contributed by atoms with van der Waals surface area (Å²) in [4.78, 5) is 5.38. The van der Waals surface area contributed by atoms with Crippen LogP contribution in [-0.2, 0) is 15.9 Å². The summed E-state index contributed by atoms with van der Waals surface area (Å²) >= 11 is 4.17. The van der Waals surface area contributed by atoms with Crippen LogP contribution in [0, 0.1) is 0 Å². The van der Waals surface area contributed by atoms with Crippen LogP contribution in [0.25, 0.3) is 33.4 Å². The first-order chi connectivity index (χ1) is 27.8. The highest BCUT2D eigenvalue weighted by Crippen LogP contribution is 2.67. The first-order valence-electron chi connectivity index (χ1n) is 21.2. The molecule has 3 aliphatic carbocycles. The van der Waals surface area contributed by atoms with Crippen molar-refractivity contribution in [3.8, 4) is 33.4 Å². The van der Waals surface area contributed by atoms with E-state index in [1.54, 1.807) is 0 Å². The molecule has 2 fully saturated rings. The van der Waals surface area contributed by atoms with Crippen LogP contribution in [0.15, 0.2) is 133 Å². The van der Waals surface area contributed by atoms with Gasteiger partial charge in [0, 0.05) is 22.7 Å². The maximum atomic E-state index is 2.69. The molecule has 0 spiro atoms. The number of para-hydroxylation sites is 2. The summed E-state index contributed by atoms with van der Waals surface area (Å²) in [5, 5.41) is 0. The summed E-state index contributed by atoms with van der Waals surface area (Å²) in [5.41, 5.74) is 19.5. The van der Waals surface area contributed by atoms with Gasteiger partial charge in [-0.3, -0.25) is 0 Å². The van der Waals surface area contributed by atoms with Crippen molar-refractivity contribution in [1.29, 1.82) is 0 Å². The maximum Gasteiger partial charge on any atom is 0.0658 e. The minimum Gasteiger partial charge on any atom is -0.334 e. The monoisotopic (exact) mass is 780 g/mol. The molecule has 0 aromatic heterocycles. The van der Waals surface area contributed by atoms with E-state index in [0.29, 0.717) is 0 Å². The predicted molar refractivity (Wildman–Crippen MR) is 247 cm³/mol. The van der Waals surface area contributed by atoms with Crippen molar-refractivity contribution in [3.05, 3.63) is 156 Å². The van der Waals surface area contributed by atoms with E-state index in [-0.39, 0.29) is 20.6 Å². The number of fused-ring (bicyclic) bond motifs is 9. The van der Waals surface area contributed by atoms with E-state index in [0.717, 1.165) is 6.42 Å². The number of thioether (sulfide) groups is 2. The Hall–Kier alpha value is -4.38. The summed E-state index contributed by atoms with van der Waals surface area (Å²) in [6.45, 7) is 5.07. The number of benzene rings is 6. The summed E-state index contributed by atoms with van der Waals surface area (Å²) < 4.78 is 0.116. The largest absolute Gasteiger partial charge is 0.334 e. The highest BCUT2D eigenvalue weighted by atomic mass is 32.2. The molecular formula is C53H52N2S2. The molecule has 286 valence electrons. The Morgan fingerprint density at radius 1 is 0.439 bits per heavy atom. The third-order valence-corrected chi connectivity index (χ3v) is 18.4. The number of hydrogen-bond donors (Lipinski definition) is 0. The van der Waals surface area contributed by atoms with Crippen molar-refractivity contribution < 1.29 is 0 Å². The van der Waals surface area contributed by atoms with Crippen LogP contribution in [0.2, 0.25) is 0 Å². The molecule has 2 heterocycles. The lowest BCUT2D eigenvalue weighted by atomic mass is 9.71. The van der Waals surface area contributed by atoms with Gasteiger partial charge < -0.3 is 9.80 Å². The summed E-state index contributed by atoms with van der Waals surface area (Å²) in [7, 11) is 0. The van der Waals surface area contributed by atoms with E-state index in [1.807, 2.05) is 0 Å². The highest BCUT2D eigenvalue weighted by Gasteiger charge is 2.61. The molecule has 0 N–H and O–H groups in total. The minimum absolute atomic E-state index is 0.0305. The molecule has 57 heavy (non-hydrogen) atoms. The number of nitrogens with zero attached hydrogens (tertiary/aromatic N) is 2. The minimum atomic E-state index is 0.0305. The summed E-state index contributed by atoms with van der Waals surface area (Å²) in [5.74, 6) is 0. The zero-order valence-electron chi connectivity index (χ0n) is 33.8. The fraction of sp³-hybridized carbons (Fsp3) is 0.321. The Labute approximate surface area is 348 Å². The van der Waals surface area contributed by atoms with E-state index < -0.39 is 0 Å². The Morgan fingerprint density at radius 3 is 1.25 bits per heavy atom. The molecule has 11 rings (SSSR count). The van der Waals surface area contributed by atoms with Crippen LogP contribution in [-0.4, -0.2) is 23.6 Å². The van der Waals surface area contributed by atoms with Gasteiger partial charge in [0.15, 0.2) is 0 Å². The zero-order chi connectivity index (χ0) is 38.6. The van der Waals surface area contributed by atoms with Crippen LogP contribution >= 0.6 is 23.5 Å². The molecule has 0 saturated heterocycles. The molecule has 6 aromatic rings. The molecule has 4 atom stereocenters. The standard InChI is InChI=1S/C53H52N2S2/c1-50-27-11-13-29-52(50,56-3)46-34-38(23-25-48(46)54(50)42-15-7-5-8-16-42)36-19-21-40-31-41-22-20-37(33-45(41)44(40)32-36)39-24-26-49-47(35-39)53(57-4)30-14-12-28-51(53,2)55(49)43-17-9-6-10-18-43/h5-10,15-26,32-35H,11-14,27-31H2,1-4H3. The molecule has 2 saturated carbocycles. The second-order valence-electron chi connectivity index (χ2n) is 17.8. The second-order valence-corrected chi connectivity index (χ2v) is 20.0. The van der Waals surface area contributed by atoms with E-state index in [1.165, 1.54) is 130 Å². The molecular weight excluding hydrogens is 729 g/mol. The lowest BCUT2D eigenvalue weighted by Gasteiger charge is -2.51. The van der Waals surface area contributed by atoms with E-state index in [2.05, 4.69) is 193 Å². The van der Waals surface area contributed by atoms with Gasteiger partial charge in [0.05, 0.1) is 20.6 Å². The summed E-state index contributed by atoms with van der Waals surface area (Å²) in [6, 6.07) is 51.6. The first kappa shape index (κ1) is 35.8. The average Bonchev–Trinajstić information content (AvgIpc) is 3.82. The Morgan fingerprint density at radius 2 is 0.825 bits per heavy atom. The van der Waals surface area contributed by atoms with E-state index in [9.17, 15) is 0 Å². The Kier molecular flexibility index (Phi) is 8.20. The van der Waals surface area contributed by atoms with Crippen molar-refractivity contribution in [2.45, 2.75) is 92.2 Å². The molecule has 0 amide bonds. The third kappa shape index (κ3) is 4.87. The fourth-order valence-electron chi connectivity index (χ4n) is 12.5. The van der Waals surface area contributed by atoms with Gasteiger partial charge in [-0.1, -0.05) is 98.5 Å². The van der Waals surface area contributed by atoms with Crippen molar-refractivity contribution in [1.82, 2.24) is 0 Å². The molecule has 4 unspecified atom stereocenters. The molecule has 6 aromatic carbocycles. The highest BCUT2D eigenvalue weighted by molar-refractivity contribution is 7.99. The van der Waals surface area contributed by atoms with E-state index in [4.69, 9.17) is 0 Å². The Bertz CT molecular complexity index is 2370. The van der Waals surface area contributed by atoms with E-state index >= 15 is 0 Å². The zero-order valence-corrected chi connectivity index (χ0v) is 35.4. The lowest BCUT2D eigenvalue weighted by molar-refractivity contribution is 0.262. The molecule has 2 aliphatic heterocycles. The van der Waals surface area contributed by atoms with Gasteiger partial charge in [-0.05, 0) is 175 Å². The van der Waals surface area contributed by atoms with Crippen LogP contribution in [0.3, 0.4) is 0 Å². The fourth-order valence-corrected chi connectivity index (χ4v) is 15.2. The van der Waals surface area contributed by atoms with Crippen LogP contribution in [0.4, 0.5) is 22.7 Å². The van der Waals surface area contributed by atoms with Crippen molar-refractivity contribution in [3.63, 3.8) is 0 Å². The maximum absolute atomic E-state index is 2.69. The van der Waals surface area contributed by atoms with Crippen molar-refractivity contribution in [2.24, 2.45) is 0 Å². The molecule has 0 bridgehead atoms. The van der Waals surface area contributed by atoms with Crippen LogP contribution < -0.4 is 9.80 Å². The van der Waals surface area contributed by atoms with Gasteiger partial charge in [0.1, 0.15) is 0 Å². The topological polar surface area (TPSA) is 6.48 Å². The predicted octanol–water partition coefficient (Wildman–Crippen LogP) is 14.7. The average molecular weight is 781 g/mol. The van der Waals surface area contributed by atoms with Crippen LogP contribution in [0.5, 0.6) is 0 Å². The number of anilines is 4. The smallest absolute Gasteiger partial charge is 0.0658 e.